The number of amides is 2. The summed E-state index contributed by atoms with van der Waals surface area (Å²) in [6.07, 6.45) is -0.0410. The highest BCUT2D eigenvalue weighted by atomic mass is 19.4. The van der Waals surface area contributed by atoms with Gasteiger partial charge in [0.05, 0.1) is 11.9 Å². The highest BCUT2D eigenvalue weighted by Crippen LogP contribution is 2.30. The van der Waals surface area contributed by atoms with Crippen molar-refractivity contribution in [3.63, 3.8) is 0 Å². The van der Waals surface area contributed by atoms with Crippen LogP contribution in [0, 0.1) is 5.92 Å². The number of hydrogen-bond acceptors (Lipinski definition) is 4. The molecular formula is C17H23F3N4O2. The molecular weight excluding hydrogens is 349 g/mol. The third-order valence-electron chi connectivity index (χ3n) is 4.90. The van der Waals surface area contributed by atoms with Crippen molar-refractivity contribution >= 4 is 11.7 Å². The number of urea groups is 1. The molecule has 1 aromatic rings. The molecule has 2 aliphatic heterocycles. The molecule has 2 fully saturated rings. The van der Waals surface area contributed by atoms with Crippen molar-refractivity contribution in [2.24, 2.45) is 5.92 Å². The number of anilines is 1. The molecule has 2 saturated heterocycles. The van der Waals surface area contributed by atoms with Gasteiger partial charge >= 0.3 is 12.2 Å². The van der Waals surface area contributed by atoms with E-state index in [1.807, 2.05) is 4.90 Å². The van der Waals surface area contributed by atoms with Gasteiger partial charge in [0, 0.05) is 25.2 Å². The van der Waals surface area contributed by atoms with E-state index in [0.29, 0.717) is 11.6 Å². The molecule has 0 aliphatic carbocycles. The number of ether oxygens (including phenoxy) is 1. The second-order valence-electron chi connectivity index (χ2n) is 6.93. The Morgan fingerprint density at radius 2 is 2.15 bits per heavy atom. The van der Waals surface area contributed by atoms with Crippen LogP contribution in [-0.2, 0) is 0 Å². The van der Waals surface area contributed by atoms with Crippen molar-refractivity contribution in [3.05, 3.63) is 18.3 Å². The quantitative estimate of drug-likeness (QED) is 0.886. The van der Waals surface area contributed by atoms with Crippen molar-refractivity contribution in [2.45, 2.75) is 31.5 Å². The highest BCUT2D eigenvalue weighted by Gasteiger charge is 2.37. The SMILES string of the molecule is CN1CC[C@@H]2[C@@H](CCCN2C(=O)Nc2ccc(OCC(F)(F)F)nc2)C1. The number of likely N-dealkylation sites (tertiary alicyclic amines) is 2. The van der Waals surface area contributed by atoms with Crippen LogP contribution in [0.15, 0.2) is 18.3 Å². The molecule has 26 heavy (non-hydrogen) atoms. The Morgan fingerprint density at radius 3 is 2.85 bits per heavy atom. The van der Waals surface area contributed by atoms with E-state index in [1.54, 1.807) is 0 Å². The van der Waals surface area contributed by atoms with Crippen LogP contribution in [0.25, 0.3) is 0 Å². The molecule has 2 aliphatic rings. The molecule has 9 heteroatoms. The van der Waals surface area contributed by atoms with E-state index in [9.17, 15) is 18.0 Å². The zero-order chi connectivity index (χ0) is 18.7. The predicted molar refractivity (Wildman–Crippen MR) is 90.1 cm³/mol. The molecule has 0 unspecified atom stereocenters. The fourth-order valence-electron chi connectivity index (χ4n) is 3.73. The lowest BCUT2D eigenvalue weighted by molar-refractivity contribution is -0.154. The monoisotopic (exact) mass is 372 g/mol. The van der Waals surface area contributed by atoms with Crippen molar-refractivity contribution in [3.8, 4) is 5.88 Å². The van der Waals surface area contributed by atoms with Crippen molar-refractivity contribution in [1.29, 1.82) is 0 Å². The molecule has 3 rings (SSSR count). The minimum atomic E-state index is -4.41. The Morgan fingerprint density at radius 1 is 1.35 bits per heavy atom. The number of halogens is 3. The number of hydrogen-bond donors (Lipinski definition) is 1. The Balaban J connectivity index is 1.57. The van der Waals surface area contributed by atoms with Crippen LogP contribution in [0.1, 0.15) is 19.3 Å². The lowest BCUT2D eigenvalue weighted by atomic mass is 9.84. The molecule has 0 bridgehead atoms. The van der Waals surface area contributed by atoms with E-state index in [1.165, 1.54) is 18.3 Å². The van der Waals surface area contributed by atoms with Crippen LogP contribution in [0.5, 0.6) is 5.88 Å². The van der Waals surface area contributed by atoms with Crippen LogP contribution in [-0.4, -0.2) is 66.3 Å². The number of nitrogens with zero attached hydrogens (tertiary/aromatic N) is 3. The molecule has 144 valence electrons. The first kappa shape index (κ1) is 18.8. The van der Waals surface area contributed by atoms with Gasteiger partial charge in [-0.25, -0.2) is 9.78 Å². The van der Waals surface area contributed by atoms with E-state index < -0.39 is 12.8 Å². The lowest BCUT2D eigenvalue weighted by Gasteiger charge is -2.46. The number of alkyl halides is 3. The number of nitrogens with one attached hydrogen (secondary N) is 1. The van der Waals surface area contributed by atoms with Crippen LogP contribution in [0.4, 0.5) is 23.7 Å². The average molecular weight is 372 g/mol. The summed E-state index contributed by atoms with van der Waals surface area (Å²) in [4.78, 5) is 20.6. The normalized spacial score (nSPS) is 24.1. The first-order chi connectivity index (χ1) is 12.3. The van der Waals surface area contributed by atoms with Gasteiger partial charge in [-0.15, -0.1) is 0 Å². The van der Waals surface area contributed by atoms with Gasteiger partial charge in [-0.1, -0.05) is 0 Å². The summed E-state index contributed by atoms with van der Waals surface area (Å²) in [6.45, 7) is 1.30. The van der Waals surface area contributed by atoms with Crippen LogP contribution >= 0.6 is 0 Å². The number of carbonyl (C=O) groups excluding carboxylic acids is 1. The molecule has 0 radical (unpaired) electrons. The van der Waals surface area contributed by atoms with Gasteiger partial charge in [-0.2, -0.15) is 13.2 Å². The maximum atomic E-state index is 12.6. The fraction of sp³-hybridized carbons (Fsp3) is 0.647. The number of carbonyl (C=O) groups is 1. The third kappa shape index (κ3) is 4.78. The Kier molecular flexibility index (Phi) is 5.55. The summed E-state index contributed by atoms with van der Waals surface area (Å²) in [5.41, 5.74) is 0.435. The summed E-state index contributed by atoms with van der Waals surface area (Å²) in [7, 11) is 2.10. The van der Waals surface area contributed by atoms with Crippen LogP contribution in [0.3, 0.4) is 0 Å². The maximum Gasteiger partial charge on any atom is 0.422 e. The van der Waals surface area contributed by atoms with Gasteiger partial charge < -0.3 is 19.9 Å². The molecule has 6 nitrogen and oxygen atoms in total. The number of pyridine rings is 1. The zero-order valence-corrected chi connectivity index (χ0v) is 14.6. The number of piperidine rings is 2. The number of fused-ring (bicyclic) bond motifs is 1. The predicted octanol–water partition coefficient (Wildman–Crippen LogP) is 2.97. The second-order valence-corrected chi connectivity index (χ2v) is 6.93. The molecule has 2 amide bonds. The van der Waals surface area contributed by atoms with Gasteiger partial charge in [0.1, 0.15) is 0 Å². The number of aromatic nitrogens is 1. The largest absolute Gasteiger partial charge is 0.468 e. The smallest absolute Gasteiger partial charge is 0.422 e. The molecule has 0 aromatic carbocycles. The van der Waals surface area contributed by atoms with E-state index in [4.69, 9.17) is 0 Å². The Labute approximate surface area is 150 Å². The summed E-state index contributed by atoms with van der Waals surface area (Å²) in [5, 5.41) is 2.79. The fourth-order valence-corrected chi connectivity index (χ4v) is 3.73. The van der Waals surface area contributed by atoms with E-state index >= 15 is 0 Å². The molecule has 1 N–H and O–H groups in total. The standard InChI is InChI=1S/C17H23F3N4O2/c1-23-8-6-14-12(10-23)3-2-7-24(14)16(25)22-13-4-5-15(21-9-13)26-11-17(18,19)20/h4-5,9,12,14H,2-3,6-8,10-11H2,1H3,(H,22,25)/t12-,14+/m0/s1. The topological polar surface area (TPSA) is 57.7 Å². The summed E-state index contributed by atoms with van der Waals surface area (Å²) in [5.74, 6) is 0.359. The Bertz CT molecular complexity index is 623. The lowest BCUT2D eigenvalue weighted by Crippen LogP contribution is -2.56. The summed E-state index contributed by atoms with van der Waals surface area (Å²) in [6, 6.07) is 2.86. The highest BCUT2D eigenvalue weighted by molar-refractivity contribution is 5.89. The molecule has 0 spiro atoms. The van der Waals surface area contributed by atoms with Gasteiger partial charge in [-0.05, 0) is 44.8 Å². The van der Waals surface area contributed by atoms with Crippen molar-refractivity contribution in [1.82, 2.24) is 14.8 Å². The molecule has 3 heterocycles. The van der Waals surface area contributed by atoms with E-state index in [-0.39, 0.29) is 18.0 Å². The summed E-state index contributed by atoms with van der Waals surface area (Å²) < 4.78 is 41.0. The van der Waals surface area contributed by atoms with Crippen LogP contribution in [0.2, 0.25) is 0 Å². The van der Waals surface area contributed by atoms with Gasteiger partial charge in [0.2, 0.25) is 5.88 Å². The zero-order valence-electron chi connectivity index (χ0n) is 14.6. The minimum absolute atomic E-state index is 0.131. The van der Waals surface area contributed by atoms with Crippen molar-refractivity contribution in [2.75, 3.05) is 38.6 Å². The van der Waals surface area contributed by atoms with E-state index in [2.05, 4.69) is 27.0 Å². The van der Waals surface area contributed by atoms with Crippen LogP contribution < -0.4 is 10.1 Å². The molecule has 1 aromatic heterocycles. The Hall–Kier alpha value is -2.03. The second kappa shape index (κ2) is 7.69. The van der Waals surface area contributed by atoms with Gasteiger partial charge in [0.25, 0.3) is 0 Å². The van der Waals surface area contributed by atoms with Gasteiger partial charge in [0.15, 0.2) is 6.61 Å². The summed E-state index contributed by atoms with van der Waals surface area (Å²) >= 11 is 0. The number of rotatable bonds is 3. The van der Waals surface area contributed by atoms with Crippen molar-refractivity contribution < 1.29 is 22.7 Å². The van der Waals surface area contributed by atoms with E-state index in [0.717, 1.165) is 38.9 Å². The first-order valence-corrected chi connectivity index (χ1v) is 8.73. The molecule has 2 atom stereocenters. The van der Waals surface area contributed by atoms with Gasteiger partial charge in [-0.3, -0.25) is 0 Å². The minimum Gasteiger partial charge on any atom is -0.468 e. The maximum absolute atomic E-state index is 12.6. The third-order valence-corrected chi connectivity index (χ3v) is 4.90. The molecule has 0 saturated carbocycles. The first-order valence-electron chi connectivity index (χ1n) is 8.73. The average Bonchev–Trinajstić information content (AvgIpc) is 2.59.